The third kappa shape index (κ3) is 6.25. The zero-order valence-corrected chi connectivity index (χ0v) is 18.1. The second-order valence-corrected chi connectivity index (χ2v) is 20.2. The highest BCUT2D eigenvalue weighted by atomic mass is 35.5. The van der Waals surface area contributed by atoms with Gasteiger partial charge in [0.1, 0.15) is 5.75 Å². The summed E-state index contributed by atoms with van der Waals surface area (Å²) in [6.45, 7) is 15.2. The van der Waals surface area contributed by atoms with Crippen LogP contribution in [-0.2, 0) is 8.23 Å². The van der Waals surface area contributed by atoms with E-state index in [9.17, 15) is 0 Å². The van der Waals surface area contributed by atoms with Crippen LogP contribution >= 0.6 is 11.6 Å². The van der Waals surface area contributed by atoms with Crippen LogP contribution in [0.2, 0.25) is 50.9 Å². The second-order valence-electron chi connectivity index (χ2n) is 7.25. The van der Waals surface area contributed by atoms with Crippen molar-refractivity contribution >= 4 is 42.0 Å². The van der Waals surface area contributed by atoms with Crippen LogP contribution in [0.15, 0.2) is 18.2 Å². The topological polar surface area (TPSA) is 27.7 Å². The predicted molar refractivity (Wildman–Crippen MR) is 98.1 cm³/mol. The van der Waals surface area contributed by atoms with Gasteiger partial charge in [0.15, 0.2) is 16.6 Å². The first-order valence-electron chi connectivity index (χ1n) is 7.10. The summed E-state index contributed by atoms with van der Waals surface area (Å²) in [7, 11) is -4.36. The third-order valence-electron chi connectivity index (χ3n) is 2.63. The molecule has 0 heterocycles. The molecule has 0 aliphatic carbocycles. The number of hydrogen-bond donors (Lipinski definition) is 0. The van der Waals surface area contributed by atoms with Gasteiger partial charge in [-0.2, -0.15) is 0 Å². The molecule has 0 bridgehead atoms. The maximum Gasteiger partial charge on any atom is 0.348 e. The SMILES string of the molecule is COc1cc(Cl)cc([Si](C)(O[Si](C)(C)C)O[Si](C)(C)C)c1. The van der Waals surface area contributed by atoms with Gasteiger partial charge >= 0.3 is 8.56 Å². The molecular formula is C14H27ClO3Si3. The van der Waals surface area contributed by atoms with Crippen LogP contribution < -0.4 is 9.92 Å². The third-order valence-corrected chi connectivity index (χ3v) is 12.2. The molecule has 0 spiro atoms. The Hall–Kier alpha value is -0.119. The molecule has 0 saturated heterocycles. The molecule has 0 radical (unpaired) electrons. The van der Waals surface area contributed by atoms with Crippen LogP contribution in [-0.4, -0.2) is 32.3 Å². The summed E-state index contributed by atoms with van der Waals surface area (Å²) in [6, 6.07) is 5.76. The summed E-state index contributed by atoms with van der Waals surface area (Å²) in [5.41, 5.74) is 0. The fraction of sp³-hybridized carbons (Fsp3) is 0.571. The Bertz CT molecular complexity index is 479. The van der Waals surface area contributed by atoms with Gasteiger partial charge in [-0.3, -0.25) is 0 Å². The zero-order chi connectivity index (χ0) is 16.5. The molecule has 3 nitrogen and oxygen atoms in total. The summed E-state index contributed by atoms with van der Waals surface area (Å²) in [5, 5.41) is 1.69. The van der Waals surface area contributed by atoms with Gasteiger partial charge in [0.25, 0.3) is 0 Å². The van der Waals surface area contributed by atoms with E-state index in [0.717, 1.165) is 10.9 Å². The number of ether oxygens (including phenoxy) is 1. The van der Waals surface area contributed by atoms with Crippen LogP contribution in [0.25, 0.3) is 0 Å². The molecule has 0 fully saturated rings. The van der Waals surface area contributed by atoms with Gasteiger partial charge in [0.2, 0.25) is 0 Å². The molecule has 1 aromatic rings. The molecule has 0 aliphatic rings. The van der Waals surface area contributed by atoms with E-state index in [-0.39, 0.29) is 0 Å². The average molecular weight is 363 g/mol. The summed E-state index contributed by atoms with van der Waals surface area (Å²) in [4.78, 5) is 0. The van der Waals surface area contributed by atoms with Gasteiger partial charge in [0.05, 0.1) is 7.11 Å². The summed E-state index contributed by atoms with van der Waals surface area (Å²) in [5.74, 6) is 0.745. The van der Waals surface area contributed by atoms with Crippen LogP contribution in [0.1, 0.15) is 0 Å². The molecule has 7 heteroatoms. The molecule has 120 valence electrons. The van der Waals surface area contributed by atoms with E-state index in [4.69, 9.17) is 24.6 Å². The molecule has 0 aromatic heterocycles. The lowest BCUT2D eigenvalue weighted by Crippen LogP contribution is -2.60. The van der Waals surface area contributed by atoms with Gasteiger partial charge in [0, 0.05) is 5.02 Å². The summed E-state index contributed by atoms with van der Waals surface area (Å²) in [6.07, 6.45) is 0. The fourth-order valence-electron chi connectivity index (χ4n) is 2.25. The molecule has 21 heavy (non-hydrogen) atoms. The van der Waals surface area contributed by atoms with Gasteiger partial charge in [-0.1, -0.05) is 11.6 Å². The van der Waals surface area contributed by atoms with Crippen molar-refractivity contribution in [2.24, 2.45) is 0 Å². The fourth-order valence-corrected chi connectivity index (χ4v) is 14.2. The van der Waals surface area contributed by atoms with Crippen LogP contribution in [0.5, 0.6) is 5.75 Å². The van der Waals surface area contributed by atoms with Crippen molar-refractivity contribution in [1.82, 2.24) is 0 Å². The molecule has 1 aromatic carbocycles. The average Bonchev–Trinajstić information content (AvgIpc) is 2.22. The van der Waals surface area contributed by atoms with Crippen LogP contribution in [0, 0.1) is 0 Å². The van der Waals surface area contributed by atoms with Crippen LogP contribution in [0.3, 0.4) is 0 Å². The molecular weight excluding hydrogens is 336 g/mol. The Kier molecular flexibility index (Phi) is 5.91. The van der Waals surface area contributed by atoms with E-state index in [2.05, 4.69) is 45.8 Å². The molecule has 1 rings (SSSR count). The van der Waals surface area contributed by atoms with Crippen molar-refractivity contribution in [2.45, 2.75) is 45.8 Å². The first-order valence-corrected chi connectivity index (χ1v) is 16.6. The highest BCUT2D eigenvalue weighted by molar-refractivity contribution is 6.94. The molecule has 0 amide bonds. The Morgan fingerprint density at radius 1 is 0.810 bits per heavy atom. The number of benzene rings is 1. The number of methoxy groups -OCH3 is 1. The Balaban J connectivity index is 3.32. The van der Waals surface area contributed by atoms with Crippen molar-refractivity contribution in [1.29, 1.82) is 0 Å². The highest BCUT2D eigenvalue weighted by Crippen LogP contribution is 2.24. The van der Waals surface area contributed by atoms with E-state index in [1.54, 1.807) is 7.11 Å². The van der Waals surface area contributed by atoms with Gasteiger partial charge in [-0.15, -0.1) is 0 Å². The number of halogens is 1. The Labute approximate surface area is 137 Å². The molecule has 0 unspecified atom stereocenters. The first-order chi connectivity index (χ1) is 9.35. The maximum absolute atomic E-state index is 6.52. The van der Waals surface area contributed by atoms with Crippen molar-refractivity contribution in [3.8, 4) is 5.75 Å². The lowest BCUT2D eigenvalue weighted by molar-refractivity contribution is 0.401. The van der Waals surface area contributed by atoms with Gasteiger partial charge in [-0.05, 0) is 69.2 Å². The normalized spacial score (nSPS) is 13.4. The van der Waals surface area contributed by atoms with Crippen molar-refractivity contribution in [2.75, 3.05) is 7.11 Å². The van der Waals surface area contributed by atoms with Crippen molar-refractivity contribution in [3.63, 3.8) is 0 Å². The molecule has 0 saturated carbocycles. The maximum atomic E-state index is 6.52. The molecule has 0 aliphatic heterocycles. The first kappa shape index (κ1) is 18.9. The monoisotopic (exact) mass is 362 g/mol. The minimum Gasteiger partial charge on any atom is -0.497 e. The number of hydrogen-bond acceptors (Lipinski definition) is 3. The lowest BCUT2D eigenvalue weighted by Gasteiger charge is -2.38. The molecule has 0 atom stereocenters. The van der Waals surface area contributed by atoms with Crippen LogP contribution in [0.4, 0.5) is 0 Å². The quantitative estimate of drug-likeness (QED) is 0.705. The lowest BCUT2D eigenvalue weighted by atomic mass is 10.3. The number of rotatable bonds is 6. The van der Waals surface area contributed by atoms with E-state index in [0.29, 0.717) is 5.02 Å². The predicted octanol–water partition coefficient (Wildman–Crippen LogP) is 4.33. The van der Waals surface area contributed by atoms with E-state index >= 15 is 0 Å². The zero-order valence-electron chi connectivity index (χ0n) is 14.3. The second kappa shape index (κ2) is 6.56. The Morgan fingerprint density at radius 3 is 1.67 bits per heavy atom. The minimum absolute atomic E-state index is 0.654. The van der Waals surface area contributed by atoms with E-state index in [1.807, 2.05) is 18.2 Å². The standard InChI is InChI=1S/C14H27ClO3Si3/c1-16-13-9-12(15)10-14(11-13)21(8,17-19(2,3)4)18-20(5,6)7/h9-11H,1-8H3. The van der Waals surface area contributed by atoms with E-state index < -0.39 is 25.2 Å². The Morgan fingerprint density at radius 2 is 1.29 bits per heavy atom. The van der Waals surface area contributed by atoms with Crippen molar-refractivity contribution < 1.29 is 13.0 Å². The van der Waals surface area contributed by atoms with E-state index in [1.165, 1.54) is 0 Å². The van der Waals surface area contributed by atoms with Gasteiger partial charge < -0.3 is 13.0 Å². The minimum atomic E-state index is -2.52. The summed E-state index contributed by atoms with van der Waals surface area (Å²) >= 11 is 6.23. The van der Waals surface area contributed by atoms with Crippen molar-refractivity contribution in [3.05, 3.63) is 23.2 Å². The molecule has 0 N–H and O–H groups in total. The summed E-state index contributed by atoms with van der Waals surface area (Å²) < 4.78 is 18.4. The largest absolute Gasteiger partial charge is 0.497 e. The highest BCUT2D eigenvalue weighted by Gasteiger charge is 2.42. The van der Waals surface area contributed by atoms with Gasteiger partial charge in [-0.25, -0.2) is 0 Å². The smallest absolute Gasteiger partial charge is 0.348 e.